The third-order valence-electron chi connectivity index (χ3n) is 2.67. The fraction of sp³-hybridized carbons (Fsp3) is 0.733. The molecule has 0 N–H and O–H groups in total. The highest BCUT2D eigenvalue weighted by Crippen LogP contribution is 2.07. The Morgan fingerprint density at radius 2 is 1.63 bits per heavy atom. The average Bonchev–Trinajstić information content (AvgIpc) is 2.37. The normalized spacial score (nSPS) is 10.4. The predicted molar refractivity (Wildman–Crippen MR) is 75.2 cm³/mol. The molecule has 4 heteroatoms. The van der Waals surface area contributed by atoms with E-state index in [-0.39, 0.29) is 18.2 Å². The zero-order valence-corrected chi connectivity index (χ0v) is 12.2. The van der Waals surface area contributed by atoms with Crippen LogP contribution >= 0.6 is 0 Å². The van der Waals surface area contributed by atoms with E-state index in [2.05, 4.69) is 6.58 Å². The fourth-order valence-electron chi connectivity index (χ4n) is 1.52. The van der Waals surface area contributed by atoms with Gasteiger partial charge in [0.2, 0.25) is 0 Å². The van der Waals surface area contributed by atoms with Crippen LogP contribution in [0.25, 0.3) is 0 Å². The fourth-order valence-corrected chi connectivity index (χ4v) is 1.52. The SMILES string of the molecule is C=C(C)C(=O)CCCCCC(=O)COCCOCC. The van der Waals surface area contributed by atoms with Crippen molar-refractivity contribution < 1.29 is 19.1 Å². The van der Waals surface area contributed by atoms with Gasteiger partial charge in [-0.15, -0.1) is 0 Å². The van der Waals surface area contributed by atoms with Gasteiger partial charge in [0.25, 0.3) is 0 Å². The van der Waals surface area contributed by atoms with Crippen LogP contribution in [0, 0.1) is 0 Å². The molecule has 0 spiro atoms. The Balaban J connectivity index is 3.34. The van der Waals surface area contributed by atoms with Gasteiger partial charge in [0.15, 0.2) is 11.6 Å². The van der Waals surface area contributed by atoms with Crippen molar-refractivity contribution in [1.82, 2.24) is 0 Å². The predicted octanol–water partition coefficient (Wildman–Crippen LogP) is 2.70. The second-order valence-electron chi connectivity index (χ2n) is 4.55. The van der Waals surface area contributed by atoms with Gasteiger partial charge < -0.3 is 9.47 Å². The van der Waals surface area contributed by atoms with Crippen molar-refractivity contribution in [3.8, 4) is 0 Å². The molecule has 19 heavy (non-hydrogen) atoms. The Bertz CT molecular complexity index is 284. The molecule has 0 aromatic heterocycles. The van der Waals surface area contributed by atoms with E-state index in [1.54, 1.807) is 6.92 Å². The van der Waals surface area contributed by atoms with Crippen LogP contribution in [0.15, 0.2) is 12.2 Å². The summed E-state index contributed by atoms with van der Waals surface area (Å²) in [5, 5.41) is 0. The molecule has 0 amide bonds. The smallest absolute Gasteiger partial charge is 0.158 e. The van der Waals surface area contributed by atoms with Gasteiger partial charge in [0.05, 0.1) is 13.2 Å². The Labute approximate surface area is 116 Å². The molecule has 0 radical (unpaired) electrons. The molecule has 4 nitrogen and oxygen atoms in total. The van der Waals surface area contributed by atoms with E-state index in [1.165, 1.54) is 0 Å². The van der Waals surface area contributed by atoms with Crippen LogP contribution < -0.4 is 0 Å². The highest BCUT2D eigenvalue weighted by molar-refractivity contribution is 5.93. The molecule has 0 saturated heterocycles. The Hall–Kier alpha value is -1.00. The molecule has 0 aliphatic heterocycles. The summed E-state index contributed by atoms with van der Waals surface area (Å²) in [4.78, 5) is 22.7. The van der Waals surface area contributed by atoms with E-state index in [0.29, 0.717) is 38.2 Å². The molecule has 0 aromatic carbocycles. The number of hydrogen-bond acceptors (Lipinski definition) is 4. The summed E-state index contributed by atoms with van der Waals surface area (Å²) >= 11 is 0. The zero-order valence-electron chi connectivity index (χ0n) is 12.2. The second-order valence-corrected chi connectivity index (χ2v) is 4.55. The minimum atomic E-state index is 0.114. The van der Waals surface area contributed by atoms with Crippen molar-refractivity contribution in [3.05, 3.63) is 12.2 Å². The van der Waals surface area contributed by atoms with Crippen molar-refractivity contribution in [2.75, 3.05) is 26.4 Å². The summed E-state index contributed by atoms with van der Waals surface area (Å²) in [5.41, 5.74) is 0.610. The van der Waals surface area contributed by atoms with Crippen LogP contribution in [-0.4, -0.2) is 38.0 Å². The van der Waals surface area contributed by atoms with Crippen molar-refractivity contribution in [2.24, 2.45) is 0 Å². The van der Waals surface area contributed by atoms with Crippen LogP contribution in [0.5, 0.6) is 0 Å². The first kappa shape index (κ1) is 18.0. The summed E-state index contributed by atoms with van der Waals surface area (Å²) in [6.45, 7) is 9.09. The molecule has 0 rings (SSSR count). The lowest BCUT2D eigenvalue weighted by atomic mass is 10.1. The number of hydrogen-bond donors (Lipinski definition) is 0. The number of unbranched alkanes of at least 4 members (excludes halogenated alkanes) is 2. The van der Waals surface area contributed by atoms with E-state index < -0.39 is 0 Å². The Kier molecular flexibility index (Phi) is 11.4. The minimum Gasteiger partial charge on any atom is -0.379 e. The van der Waals surface area contributed by atoms with Gasteiger partial charge in [-0.25, -0.2) is 0 Å². The lowest BCUT2D eigenvalue weighted by Gasteiger charge is -2.04. The van der Waals surface area contributed by atoms with Gasteiger partial charge in [-0.2, -0.15) is 0 Å². The molecule has 0 saturated carbocycles. The summed E-state index contributed by atoms with van der Waals surface area (Å²) in [6, 6.07) is 0. The summed E-state index contributed by atoms with van der Waals surface area (Å²) < 4.78 is 10.3. The number of ether oxygens (including phenoxy) is 2. The molecule has 0 aliphatic carbocycles. The van der Waals surface area contributed by atoms with Crippen LogP contribution in [-0.2, 0) is 19.1 Å². The third kappa shape index (κ3) is 11.8. The molecule has 110 valence electrons. The van der Waals surface area contributed by atoms with Crippen LogP contribution in [0.3, 0.4) is 0 Å². The number of carbonyl (C=O) groups is 2. The van der Waals surface area contributed by atoms with Crippen molar-refractivity contribution >= 4 is 11.6 Å². The molecular formula is C15H26O4. The van der Waals surface area contributed by atoms with Gasteiger partial charge >= 0.3 is 0 Å². The van der Waals surface area contributed by atoms with Crippen molar-refractivity contribution in [3.63, 3.8) is 0 Å². The molecule has 0 unspecified atom stereocenters. The lowest BCUT2D eigenvalue weighted by molar-refractivity contribution is -0.124. The number of ketones is 2. The van der Waals surface area contributed by atoms with Gasteiger partial charge in [-0.05, 0) is 32.3 Å². The maximum absolute atomic E-state index is 11.4. The molecule has 0 aromatic rings. The highest BCUT2D eigenvalue weighted by atomic mass is 16.5. The van der Waals surface area contributed by atoms with Crippen LogP contribution in [0.1, 0.15) is 46.0 Å². The Morgan fingerprint density at radius 1 is 1.00 bits per heavy atom. The number of allylic oxidation sites excluding steroid dienone is 1. The maximum Gasteiger partial charge on any atom is 0.158 e. The summed E-state index contributed by atoms with van der Waals surface area (Å²) in [5.74, 6) is 0.230. The quantitative estimate of drug-likeness (QED) is 0.381. The first-order valence-electron chi connectivity index (χ1n) is 6.93. The maximum atomic E-state index is 11.4. The first-order valence-corrected chi connectivity index (χ1v) is 6.93. The summed E-state index contributed by atoms with van der Waals surface area (Å²) in [6.07, 6.45) is 3.59. The van der Waals surface area contributed by atoms with E-state index in [1.807, 2.05) is 6.92 Å². The van der Waals surface area contributed by atoms with Gasteiger partial charge in [-0.1, -0.05) is 13.0 Å². The summed E-state index contributed by atoms with van der Waals surface area (Å²) in [7, 11) is 0. The zero-order chi connectivity index (χ0) is 14.5. The third-order valence-corrected chi connectivity index (χ3v) is 2.67. The topological polar surface area (TPSA) is 52.6 Å². The highest BCUT2D eigenvalue weighted by Gasteiger charge is 2.04. The molecule has 0 fully saturated rings. The first-order chi connectivity index (χ1) is 9.07. The molecule has 0 aliphatic rings. The number of rotatable bonds is 13. The van der Waals surface area contributed by atoms with Gasteiger partial charge in [0, 0.05) is 19.4 Å². The molecule has 0 heterocycles. The van der Waals surface area contributed by atoms with Crippen molar-refractivity contribution in [1.29, 1.82) is 0 Å². The Morgan fingerprint density at radius 3 is 2.26 bits per heavy atom. The standard InChI is InChI=1S/C15H26O4/c1-4-18-10-11-19-12-14(16)8-6-5-7-9-15(17)13(2)3/h2,4-12H2,1,3H3. The largest absolute Gasteiger partial charge is 0.379 e. The average molecular weight is 270 g/mol. The monoisotopic (exact) mass is 270 g/mol. The van der Waals surface area contributed by atoms with Gasteiger partial charge in [0.1, 0.15) is 6.61 Å². The molecular weight excluding hydrogens is 244 g/mol. The number of carbonyl (C=O) groups excluding carboxylic acids is 2. The van der Waals surface area contributed by atoms with E-state index in [4.69, 9.17) is 9.47 Å². The van der Waals surface area contributed by atoms with Crippen molar-refractivity contribution in [2.45, 2.75) is 46.0 Å². The molecule has 0 bridgehead atoms. The lowest BCUT2D eigenvalue weighted by Crippen LogP contribution is -2.12. The van der Waals surface area contributed by atoms with E-state index in [0.717, 1.165) is 19.3 Å². The van der Waals surface area contributed by atoms with E-state index in [9.17, 15) is 9.59 Å². The van der Waals surface area contributed by atoms with Crippen LogP contribution in [0.4, 0.5) is 0 Å². The molecule has 0 atom stereocenters. The minimum absolute atomic E-state index is 0.114. The second kappa shape index (κ2) is 12.1. The van der Waals surface area contributed by atoms with E-state index >= 15 is 0 Å². The number of Topliss-reactive ketones (excluding diaryl/α,β-unsaturated/α-hetero) is 2. The van der Waals surface area contributed by atoms with Crippen LogP contribution in [0.2, 0.25) is 0 Å². The van der Waals surface area contributed by atoms with Gasteiger partial charge in [-0.3, -0.25) is 9.59 Å².